The second-order valence-electron chi connectivity index (χ2n) is 6.92. The monoisotopic (exact) mass is 477 g/mol. The Bertz CT molecular complexity index is 1170. The van der Waals surface area contributed by atoms with Crippen LogP contribution in [0.25, 0.3) is 11.0 Å². The predicted octanol–water partition coefficient (Wildman–Crippen LogP) is 2.38. The molecule has 13 heteroatoms. The average molecular weight is 478 g/mol. The summed E-state index contributed by atoms with van der Waals surface area (Å²) in [6, 6.07) is 3.75. The third-order valence-corrected chi connectivity index (χ3v) is 5.84. The molecule has 1 N–H and O–H groups in total. The van der Waals surface area contributed by atoms with Gasteiger partial charge >= 0.3 is 0 Å². The van der Waals surface area contributed by atoms with Gasteiger partial charge in [-0.15, -0.1) is 0 Å². The summed E-state index contributed by atoms with van der Waals surface area (Å²) >= 11 is 7.49. The number of amides is 1. The van der Waals surface area contributed by atoms with Crippen molar-refractivity contribution in [3.05, 3.63) is 45.1 Å². The molecule has 0 atom stereocenters. The Balaban J connectivity index is 1.51. The Morgan fingerprint density at radius 2 is 2.12 bits per heavy atom. The normalized spacial score (nSPS) is 14.0. The third kappa shape index (κ3) is 4.61. The molecule has 0 unspecified atom stereocenters. The zero-order chi connectivity index (χ0) is 22.7. The Labute approximate surface area is 192 Å². The lowest BCUT2D eigenvalue weighted by Gasteiger charge is -2.28. The minimum atomic E-state index is -0.571. The highest BCUT2D eigenvalue weighted by Gasteiger charge is 2.20. The van der Waals surface area contributed by atoms with E-state index in [9.17, 15) is 14.9 Å². The number of carbonyl (C=O) groups is 1. The number of halogens is 1. The van der Waals surface area contributed by atoms with Gasteiger partial charge in [-0.1, -0.05) is 23.4 Å². The van der Waals surface area contributed by atoms with E-state index in [1.807, 2.05) is 6.26 Å². The fraction of sp³-hybridized carbons (Fsp3) is 0.368. The van der Waals surface area contributed by atoms with Crippen molar-refractivity contribution >= 4 is 51.8 Å². The molecule has 3 aromatic rings. The standard InChI is InChI=1S/C19H20ClN7O4S/c1-32-19-23-16(25-6-8-31-9-7-25)14-11-22-26(17(14)24-19)5-4-21-18(28)13-10-12(27(29)30)2-3-15(13)20/h2-3,10-11H,4-9H2,1H3,(H,21,28). The number of non-ortho nitro benzene ring substituents is 1. The van der Waals surface area contributed by atoms with Crippen molar-refractivity contribution in [1.82, 2.24) is 25.1 Å². The van der Waals surface area contributed by atoms with Gasteiger partial charge in [0.2, 0.25) is 0 Å². The number of hydrogen-bond donors (Lipinski definition) is 1. The maximum absolute atomic E-state index is 12.5. The number of nitro groups is 1. The quantitative estimate of drug-likeness (QED) is 0.236. The van der Waals surface area contributed by atoms with Gasteiger partial charge in [-0.25, -0.2) is 14.6 Å². The van der Waals surface area contributed by atoms with E-state index in [0.717, 1.165) is 30.4 Å². The first-order valence-electron chi connectivity index (χ1n) is 9.80. The van der Waals surface area contributed by atoms with Crippen LogP contribution in [-0.2, 0) is 11.3 Å². The second kappa shape index (κ2) is 9.67. The molecule has 1 saturated heterocycles. The summed E-state index contributed by atoms with van der Waals surface area (Å²) in [6.07, 6.45) is 3.64. The number of anilines is 1. The second-order valence-corrected chi connectivity index (χ2v) is 8.10. The van der Waals surface area contributed by atoms with Crippen LogP contribution >= 0.6 is 23.4 Å². The number of rotatable bonds is 7. The molecule has 3 heterocycles. The summed E-state index contributed by atoms with van der Waals surface area (Å²) in [7, 11) is 0. The molecule has 4 rings (SSSR count). The lowest BCUT2D eigenvalue weighted by Crippen LogP contribution is -2.37. The number of thioether (sulfide) groups is 1. The minimum absolute atomic E-state index is 0.0489. The van der Waals surface area contributed by atoms with Gasteiger partial charge in [0.25, 0.3) is 11.6 Å². The van der Waals surface area contributed by atoms with Gasteiger partial charge in [0.05, 0.1) is 46.9 Å². The van der Waals surface area contributed by atoms with Crippen LogP contribution < -0.4 is 10.2 Å². The average Bonchev–Trinajstić information content (AvgIpc) is 3.21. The lowest BCUT2D eigenvalue weighted by molar-refractivity contribution is -0.384. The van der Waals surface area contributed by atoms with E-state index in [1.165, 1.54) is 23.9 Å². The van der Waals surface area contributed by atoms with Crippen molar-refractivity contribution in [3.63, 3.8) is 0 Å². The minimum Gasteiger partial charge on any atom is -0.378 e. The van der Waals surface area contributed by atoms with Crippen molar-refractivity contribution in [1.29, 1.82) is 0 Å². The van der Waals surface area contributed by atoms with E-state index >= 15 is 0 Å². The Kier molecular flexibility index (Phi) is 6.72. The summed E-state index contributed by atoms with van der Waals surface area (Å²) in [6.45, 7) is 3.35. The fourth-order valence-corrected chi connectivity index (χ4v) is 3.92. The van der Waals surface area contributed by atoms with Crippen LogP contribution in [0.3, 0.4) is 0 Å². The number of fused-ring (bicyclic) bond motifs is 1. The summed E-state index contributed by atoms with van der Waals surface area (Å²) in [4.78, 5) is 34.3. The van der Waals surface area contributed by atoms with Crippen LogP contribution in [0.1, 0.15) is 10.4 Å². The number of carbonyl (C=O) groups excluding carboxylic acids is 1. The van der Waals surface area contributed by atoms with Crippen molar-refractivity contribution in [2.24, 2.45) is 0 Å². The molecule has 11 nitrogen and oxygen atoms in total. The van der Waals surface area contributed by atoms with E-state index in [0.29, 0.717) is 30.6 Å². The summed E-state index contributed by atoms with van der Waals surface area (Å²) in [5, 5.41) is 19.7. The molecule has 0 spiro atoms. The summed E-state index contributed by atoms with van der Waals surface area (Å²) in [5.74, 6) is 0.324. The van der Waals surface area contributed by atoms with E-state index in [4.69, 9.17) is 16.3 Å². The smallest absolute Gasteiger partial charge is 0.270 e. The lowest BCUT2D eigenvalue weighted by atomic mass is 10.2. The number of hydrogen-bond acceptors (Lipinski definition) is 9. The Morgan fingerprint density at radius 3 is 2.84 bits per heavy atom. The number of nitrogens with one attached hydrogen (secondary N) is 1. The molecular weight excluding hydrogens is 458 g/mol. The van der Waals surface area contributed by atoms with Gasteiger partial charge in [0.15, 0.2) is 10.8 Å². The Hall–Kier alpha value is -2.96. The maximum Gasteiger partial charge on any atom is 0.270 e. The predicted molar refractivity (Wildman–Crippen MR) is 121 cm³/mol. The zero-order valence-corrected chi connectivity index (χ0v) is 18.7. The van der Waals surface area contributed by atoms with Gasteiger partial charge in [-0.2, -0.15) is 5.10 Å². The molecule has 0 bridgehead atoms. The molecule has 32 heavy (non-hydrogen) atoms. The molecule has 0 aliphatic carbocycles. The summed E-state index contributed by atoms with van der Waals surface area (Å²) < 4.78 is 7.14. The van der Waals surface area contributed by atoms with Gasteiger partial charge in [0, 0.05) is 31.8 Å². The molecule has 1 aliphatic rings. The van der Waals surface area contributed by atoms with Crippen LogP contribution in [0.5, 0.6) is 0 Å². The van der Waals surface area contributed by atoms with E-state index < -0.39 is 10.8 Å². The van der Waals surface area contributed by atoms with Crippen LogP contribution in [0.2, 0.25) is 5.02 Å². The molecule has 0 radical (unpaired) electrons. The molecular formula is C19H20ClN7O4S. The molecule has 0 saturated carbocycles. The van der Waals surface area contributed by atoms with Gasteiger partial charge < -0.3 is 15.0 Å². The molecule has 1 fully saturated rings. The molecule has 1 aliphatic heterocycles. The van der Waals surface area contributed by atoms with Crippen LogP contribution in [0, 0.1) is 10.1 Å². The first kappa shape index (κ1) is 22.2. The molecule has 168 valence electrons. The molecule has 1 amide bonds. The number of nitro benzene ring substituents is 1. The van der Waals surface area contributed by atoms with Crippen LogP contribution in [0.4, 0.5) is 11.5 Å². The highest BCUT2D eigenvalue weighted by atomic mass is 35.5. The van der Waals surface area contributed by atoms with Crippen molar-refractivity contribution in [2.45, 2.75) is 11.7 Å². The highest BCUT2D eigenvalue weighted by molar-refractivity contribution is 7.98. The van der Waals surface area contributed by atoms with E-state index in [2.05, 4.69) is 25.3 Å². The first-order valence-corrected chi connectivity index (χ1v) is 11.4. The summed E-state index contributed by atoms with van der Waals surface area (Å²) in [5.41, 5.74) is 0.524. The van der Waals surface area contributed by atoms with Crippen molar-refractivity contribution in [2.75, 3.05) is 44.0 Å². The van der Waals surface area contributed by atoms with E-state index in [-0.39, 0.29) is 22.8 Å². The number of aromatic nitrogens is 4. The number of ether oxygens (including phenoxy) is 1. The van der Waals surface area contributed by atoms with Crippen molar-refractivity contribution < 1.29 is 14.5 Å². The maximum atomic E-state index is 12.5. The number of morpholine rings is 1. The van der Waals surface area contributed by atoms with Gasteiger partial charge in [-0.05, 0) is 12.3 Å². The topological polar surface area (TPSA) is 128 Å². The van der Waals surface area contributed by atoms with Crippen molar-refractivity contribution in [3.8, 4) is 0 Å². The van der Waals surface area contributed by atoms with E-state index in [1.54, 1.807) is 10.9 Å². The largest absolute Gasteiger partial charge is 0.378 e. The fourth-order valence-electron chi connectivity index (χ4n) is 3.36. The van der Waals surface area contributed by atoms with Crippen LogP contribution in [-0.4, -0.2) is 69.7 Å². The zero-order valence-electron chi connectivity index (χ0n) is 17.2. The van der Waals surface area contributed by atoms with Gasteiger partial charge in [-0.3, -0.25) is 14.9 Å². The number of nitrogens with zero attached hydrogens (tertiary/aromatic N) is 6. The molecule has 1 aromatic carbocycles. The third-order valence-electron chi connectivity index (χ3n) is 4.96. The van der Waals surface area contributed by atoms with Crippen LogP contribution in [0.15, 0.2) is 29.6 Å². The number of benzene rings is 1. The SMILES string of the molecule is CSc1nc(N2CCOCC2)c2cnn(CCNC(=O)c3cc([N+](=O)[O-])ccc3Cl)c2n1. The Morgan fingerprint density at radius 1 is 1.34 bits per heavy atom. The molecule has 2 aromatic heterocycles. The van der Waals surface area contributed by atoms with Gasteiger partial charge in [0.1, 0.15) is 5.82 Å². The highest BCUT2D eigenvalue weighted by Crippen LogP contribution is 2.27. The first-order chi connectivity index (χ1) is 15.5.